The molecule has 1 saturated heterocycles. The molecule has 1 fully saturated rings. The Bertz CT molecular complexity index is 253. The van der Waals surface area contributed by atoms with Gasteiger partial charge in [0.1, 0.15) is 0 Å². The van der Waals surface area contributed by atoms with E-state index in [9.17, 15) is 4.79 Å². The van der Waals surface area contributed by atoms with Gasteiger partial charge in [0.15, 0.2) is 0 Å². The number of hydrogen-bond acceptors (Lipinski definition) is 2. The van der Waals surface area contributed by atoms with E-state index in [0.29, 0.717) is 23.7 Å². The number of rotatable bonds is 6. The summed E-state index contributed by atoms with van der Waals surface area (Å²) in [5.41, 5.74) is 0. The van der Waals surface area contributed by atoms with Crippen molar-refractivity contribution >= 4 is 5.91 Å². The molecule has 0 aromatic rings. The Labute approximate surface area is 112 Å². The van der Waals surface area contributed by atoms with Crippen molar-refractivity contribution in [1.29, 1.82) is 0 Å². The molecule has 0 spiro atoms. The predicted molar refractivity (Wildman–Crippen MR) is 76.4 cm³/mol. The molecular formula is C15H30N2O. The van der Waals surface area contributed by atoms with E-state index in [4.69, 9.17) is 0 Å². The van der Waals surface area contributed by atoms with Crippen LogP contribution in [0.5, 0.6) is 0 Å². The van der Waals surface area contributed by atoms with Crippen LogP contribution in [0.15, 0.2) is 0 Å². The molecule has 1 heterocycles. The first-order chi connectivity index (χ1) is 8.47. The lowest BCUT2D eigenvalue weighted by Gasteiger charge is -2.37. The van der Waals surface area contributed by atoms with Crippen molar-refractivity contribution in [3.63, 3.8) is 0 Å². The van der Waals surface area contributed by atoms with Crippen LogP contribution in [0, 0.1) is 17.8 Å². The van der Waals surface area contributed by atoms with Gasteiger partial charge in [-0.3, -0.25) is 4.79 Å². The second kappa shape index (κ2) is 7.13. The maximum atomic E-state index is 12.4. The van der Waals surface area contributed by atoms with Gasteiger partial charge in [0.25, 0.3) is 0 Å². The summed E-state index contributed by atoms with van der Waals surface area (Å²) in [7, 11) is 0. The fraction of sp³-hybridized carbons (Fsp3) is 0.933. The molecule has 0 radical (unpaired) electrons. The molecule has 0 bridgehead atoms. The van der Waals surface area contributed by atoms with Gasteiger partial charge in [-0.15, -0.1) is 0 Å². The first kappa shape index (κ1) is 15.5. The van der Waals surface area contributed by atoms with Crippen LogP contribution >= 0.6 is 0 Å². The number of hydrogen-bond donors (Lipinski definition) is 1. The maximum Gasteiger partial charge on any atom is 0.239 e. The first-order valence-corrected chi connectivity index (χ1v) is 7.49. The molecule has 1 atom stereocenters. The van der Waals surface area contributed by atoms with E-state index in [-0.39, 0.29) is 6.04 Å². The van der Waals surface area contributed by atoms with Crippen LogP contribution in [0.3, 0.4) is 0 Å². The number of nitrogens with zero attached hydrogens (tertiary/aromatic N) is 1. The normalized spacial score (nSPS) is 21.4. The Morgan fingerprint density at radius 1 is 1.28 bits per heavy atom. The van der Waals surface area contributed by atoms with Crippen molar-refractivity contribution in [3.8, 4) is 0 Å². The largest absolute Gasteiger partial charge is 0.341 e. The van der Waals surface area contributed by atoms with Crippen molar-refractivity contribution in [2.75, 3.05) is 19.6 Å². The molecule has 0 aromatic carbocycles. The molecule has 0 aliphatic carbocycles. The zero-order valence-corrected chi connectivity index (χ0v) is 12.7. The van der Waals surface area contributed by atoms with E-state index in [1.54, 1.807) is 0 Å². The summed E-state index contributed by atoms with van der Waals surface area (Å²) < 4.78 is 0. The van der Waals surface area contributed by atoms with Gasteiger partial charge < -0.3 is 10.2 Å². The molecule has 1 aliphatic rings. The summed E-state index contributed by atoms with van der Waals surface area (Å²) >= 11 is 0. The summed E-state index contributed by atoms with van der Waals surface area (Å²) in [5, 5.41) is 3.30. The highest BCUT2D eigenvalue weighted by Gasteiger charge is 2.30. The summed E-state index contributed by atoms with van der Waals surface area (Å²) in [4.78, 5) is 14.4. The Kier molecular flexibility index (Phi) is 6.13. The smallest absolute Gasteiger partial charge is 0.239 e. The fourth-order valence-electron chi connectivity index (χ4n) is 3.00. The summed E-state index contributed by atoms with van der Waals surface area (Å²) in [6, 6.07) is 0.0590. The zero-order chi connectivity index (χ0) is 13.7. The van der Waals surface area contributed by atoms with Gasteiger partial charge in [-0.25, -0.2) is 0 Å². The van der Waals surface area contributed by atoms with Gasteiger partial charge in [0.05, 0.1) is 6.04 Å². The molecule has 18 heavy (non-hydrogen) atoms. The number of likely N-dealkylation sites (tertiary alicyclic amines) is 1. The Hall–Kier alpha value is -0.570. The topological polar surface area (TPSA) is 32.3 Å². The third-order valence-corrected chi connectivity index (χ3v) is 4.12. The molecule has 1 N–H and O–H groups in total. The molecule has 1 unspecified atom stereocenters. The molecule has 3 nitrogen and oxygen atoms in total. The zero-order valence-electron chi connectivity index (χ0n) is 12.7. The SMILES string of the molecule is CCNC1CCCN(CC(C(C)C)C(C)C)C1=O. The van der Waals surface area contributed by atoms with E-state index >= 15 is 0 Å². The fourth-order valence-corrected chi connectivity index (χ4v) is 3.00. The maximum absolute atomic E-state index is 12.4. The predicted octanol–water partition coefficient (Wildman–Crippen LogP) is 2.52. The second-order valence-corrected chi connectivity index (χ2v) is 6.19. The van der Waals surface area contributed by atoms with Crippen molar-refractivity contribution < 1.29 is 4.79 Å². The lowest BCUT2D eigenvalue weighted by Crippen LogP contribution is -2.52. The van der Waals surface area contributed by atoms with Gasteiger partial charge in [-0.05, 0) is 37.1 Å². The highest BCUT2D eigenvalue weighted by atomic mass is 16.2. The summed E-state index contributed by atoms with van der Waals surface area (Å²) in [5.74, 6) is 2.19. The minimum absolute atomic E-state index is 0.0590. The molecular weight excluding hydrogens is 224 g/mol. The highest BCUT2D eigenvalue weighted by molar-refractivity contribution is 5.82. The van der Waals surface area contributed by atoms with Gasteiger partial charge >= 0.3 is 0 Å². The van der Waals surface area contributed by atoms with Crippen LogP contribution in [0.1, 0.15) is 47.5 Å². The van der Waals surface area contributed by atoms with E-state index in [2.05, 4.69) is 44.8 Å². The van der Waals surface area contributed by atoms with Crippen LogP contribution in [-0.2, 0) is 4.79 Å². The molecule has 1 rings (SSSR count). The van der Waals surface area contributed by atoms with Crippen LogP contribution in [0.25, 0.3) is 0 Å². The lowest BCUT2D eigenvalue weighted by molar-refractivity contribution is -0.137. The number of carbonyl (C=O) groups is 1. The standard InChI is InChI=1S/C15H30N2O/c1-6-16-14-8-7-9-17(15(14)18)10-13(11(2)3)12(4)5/h11-14,16H,6-10H2,1-5H3. The van der Waals surface area contributed by atoms with Crippen molar-refractivity contribution in [2.24, 2.45) is 17.8 Å². The van der Waals surface area contributed by atoms with Crippen molar-refractivity contribution in [3.05, 3.63) is 0 Å². The molecule has 0 saturated carbocycles. The number of nitrogens with one attached hydrogen (secondary N) is 1. The minimum Gasteiger partial charge on any atom is -0.341 e. The second-order valence-electron chi connectivity index (χ2n) is 6.19. The van der Waals surface area contributed by atoms with Gasteiger partial charge in [-0.2, -0.15) is 0 Å². The van der Waals surface area contributed by atoms with E-state index in [1.807, 2.05) is 0 Å². The average molecular weight is 254 g/mol. The lowest BCUT2D eigenvalue weighted by atomic mass is 9.84. The molecule has 1 amide bonds. The van der Waals surface area contributed by atoms with Gasteiger partial charge in [0.2, 0.25) is 5.91 Å². The van der Waals surface area contributed by atoms with E-state index in [0.717, 1.165) is 32.5 Å². The van der Waals surface area contributed by atoms with E-state index < -0.39 is 0 Å². The van der Waals surface area contributed by atoms with E-state index in [1.165, 1.54) is 0 Å². The van der Waals surface area contributed by atoms with Crippen molar-refractivity contribution in [2.45, 2.75) is 53.5 Å². The van der Waals surface area contributed by atoms with Crippen LogP contribution < -0.4 is 5.32 Å². The van der Waals surface area contributed by atoms with Crippen LogP contribution in [0.4, 0.5) is 0 Å². The Morgan fingerprint density at radius 2 is 1.89 bits per heavy atom. The minimum atomic E-state index is 0.0590. The third-order valence-electron chi connectivity index (χ3n) is 4.12. The third kappa shape index (κ3) is 3.98. The number of amides is 1. The molecule has 3 heteroatoms. The summed E-state index contributed by atoms with van der Waals surface area (Å²) in [6.45, 7) is 13.9. The first-order valence-electron chi connectivity index (χ1n) is 7.49. The highest BCUT2D eigenvalue weighted by Crippen LogP contribution is 2.23. The average Bonchev–Trinajstić information content (AvgIpc) is 2.29. The molecule has 106 valence electrons. The van der Waals surface area contributed by atoms with Gasteiger partial charge in [-0.1, -0.05) is 34.6 Å². The van der Waals surface area contributed by atoms with Crippen LogP contribution in [-0.4, -0.2) is 36.5 Å². The Morgan fingerprint density at radius 3 is 2.39 bits per heavy atom. The number of likely N-dealkylation sites (N-methyl/N-ethyl adjacent to an activating group) is 1. The quantitative estimate of drug-likeness (QED) is 0.790. The monoisotopic (exact) mass is 254 g/mol. The van der Waals surface area contributed by atoms with Gasteiger partial charge in [0, 0.05) is 13.1 Å². The van der Waals surface area contributed by atoms with Crippen LogP contribution in [0.2, 0.25) is 0 Å². The number of carbonyl (C=O) groups excluding carboxylic acids is 1. The summed E-state index contributed by atoms with van der Waals surface area (Å²) in [6.07, 6.45) is 2.13. The van der Waals surface area contributed by atoms with Crippen molar-refractivity contribution in [1.82, 2.24) is 10.2 Å². The molecule has 1 aliphatic heterocycles. The number of piperidine rings is 1. The molecule has 0 aromatic heterocycles. The Balaban J connectivity index is 2.62.